The van der Waals surface area contributed by atoms with Gasteiger partial charge in [0.15, 0.2) is 0 Å². The minimum atomic E-state index is -0.483. The highest BCUT2D eigenvalue weighted by atomic mass is 79.9. The van der Waals surface area contributed by atoms with Gasteiger partial charge in [0.2, 0.25) is 5.95 Å². The first-order valence-corrected chi connectivity index (χ1v) is 11.1. The van der Waals surface area contributed by atoms with Gasteiger partial charge in [-0.1, -0.05) is 15.9 Å². The summed E-state index contributed by atoms with van der Waals surface area (Å²) in [5.74, 6) is 0.626. The molecular weight excluding hydrogens is 470 g/mol. The Morgan fingerprint density at radius 3 is 2.62 bits per heavy atom. The van der Waals surface area contributed by atoms with Gasteiger partial charge in [-0.25, -0.2) is 4.98 Å². The maximum atomic E-state index is 12.0. The van der Waals surface area contributed by atoms with Gasteiger partial charge in [-0.05, 0) is 48.5 Å². The molecule has 1 saturated heterocycles. The van der Waals surface area contributed by atoms with Crippen molar-refractivity contribution >= 4 is 50.1 Å². The molecule has 9 heteroatoms. The van der Waals surface area contributed by atoms with Crippen molar-refractivity contribution in [1.29, 1.82) is 0 Å². The molecule has 162 valence electrons. The smallest absolute Gasteiger partial charge is 0.250 e. The lowest BCUT2D eigenvalue weighted by Gasteiger charge is -2.29. The van der Waals surface area contributed by atoms with E-state index in [9.17, 15) is 4.79 Å². The number of amides is 1. The molecule has 5 rings (SSSR count). The maximum Gasteiger partial charge on any atom is 0.250 e. The molecule has 4 aromatic rings. The fraction of sp³-hybridized carbons (Fsp3) is 0.174. The molecule has 0 bridgehead atoms. The topological polar surface area (TPSA) is 101 Å². The van der Waals surface area contributed by atoms with Gasteiger partial charge in [0.05, 0.1) is 11.1 Å². The summed E-state index contributed by atoms with van der Waals surface area (Å²) in [6, 6.07) is 15.8. The SMILES string of the molecule is NC(=O)c1cn(-c2ccnc(Nc3ccc(N4CCNCC4)cc3)n2)c2ccc(Br)cc12. The number of carbonyl (C=O) groups excluding carboxylic acids is 1. The summed E-state index contributed by atoms with van der Waals surface area (Å²) in [5, 5.41) is 7.40. The first-order valence-electron chi connectivity index (χ1n) is 10.3. The Labute approximate surface area is 193 Å². The summed E-state index contributed by atoms with van der Waals surface area (Å²) in [4.78, 5) is 23.3. The number of piperazine rings is 1. The number of anilines is 3. The minimum absolute atomic E-state index is 0.443. The van der Waals surface area contributed by atoms with E-state index >= 15 is 0 Å². The van der Waals surface area contributed by atoms with E-state index in [1.165, 1.54) is 5.69 Å². The molecule has 32 heavy (non-hydrogen) atoms. The average Bonchev–Trinajstić information content (AvgIpc) is 3.19. The van der Waals surface area contributed by atoms with Crippen molar-refractivity contribution in [1.82, 2.24) is 19.9 Å². The predicted molar refractivity (Wildman–Crippen MR) is 130 cm³/mol. The Morgan fingerprint density at radius 1 is 1.09 bits per heavy atom. The number of hydrogen-bond donors (Lipinski definition) is 3. The zero-order valence-electron chi connectivity index (χ0n) is 17.3. The predicted octanol–water partition coefficient (Wildman–Crippen LogP) is 3.44. The molecule has 2 aromatic heterocycles. The number of nitrogens with two attached hydrogens (primary N) is 1. The van der Waals surface area contributed by atoms with Crippen LogP contribution in [0.2, 0.25) is 0 Å². The van der Waals surface area contributed by atoms with Gasteiger partial charge in [0.1, 0.15) is 5.82 Å². The summed E-state index contributed by atoms with van der Waals surface area (Å²) in [6.07, 6.45) is 3.40. The molecule has 0 saturated carbocycles. The van der Waals surface area contributed by atoms with Crippen LogP contribution in [-0.4, -0.2) is 46.6 Å². The van der Waals surface area contributed by atoms with Crippen LogP contribution in [-0.2, 0) is 0 Å². The Balaban J connectivity index is 1.42. The van der Waals surface area contributed by atoms with Crippen LogP contribution in [0.25, 0.3) is 16.7 Å². The number of rotatable bonds is 5. The quantitative estimate of drug-likeness (QED) is 0.395. The molecule has 1 aliphatic heterocycles. The van der Waals surface area contributed by atoms with Crippen molar-refractivity contribution in [2.75, 3.05) is 36.4 Å². The van der Waals surface area contributed by atoms with Crippen LogP contribution >= 0.6 is 15.9 Å². The number of benzene rings is 2. The number of hydrogen-bond acceptors (Lipinski definition) is 6. The molecule has 1 aliphatic rings. The molecular formula is C23H22BrN7O. The summed E-state index contributed by atoms with van der Waals surface area (Å²) in [6.45, 7) is 4.02. The van der Waals surface area contributed by atoms with Crippen LogP contribution in [0.3, 0.4) is 0 Å². The Morgan fingerprint density at radius 2 is 1.88 bits per heavy atom. The average molecular weight is 492 g/mol. The van der Waals surface area contributed by atoms with Crippen molar-refractivity contribution in [3.8, 4) is 5.82 Å². The second-order valence-corrected chi connectivity index (χ2v) is 8.50. The number of aromatic nitrogens is 3. The van der Waals surface area contributed by atoms with Gasteiger partial charge >= 0.3 is 0 Å². The largest absolute Gasteiger partial charge is 0.369 e. The molecule has 8 nitrogen and oxygen atoms in total. The molecule has 0 unspecified atom stereocenters. The van der Waals surface area contributed by atoms with Crippen molar-refractivity contribution in [2.24, 2.45) is 5.73 Å². The lowest BCUT2D eigenvalue weighted by Crippen LogP contribution is -2.43. The van der Waals surface area contributed by atoms with Crippen LogP contribution in [0, 0.1) is 0 Å². The molecule has 3 heterocycles. The fourth-order valence-corrected chi connectivity index (χ4v) is 4.30. The molecule has 0 radical (unpaired) electrons. The maximum absolute atomic E-state index is 12.0. The summed E-state index contributed by atoms with van der Waals surface area (Å²) < 4.78 is 2.72. The number of primary amides is 1. The lowest BCUT2D eigenvalue weighted by atomic mass is 10.2. The molecule has 4 N–H and O–H groups in total. The highest BCUT2D eigenvalue weighted by molar-refractivity contribution is 9.10. The van der Waals surface area contributed by atoms with Gasteiger partial charge < -0.3 is 25.8 Å². The highest BCUT2D eigenvalue weighted by Gasteiger charge is 2.15. The standard InChI is InChI=1S/C23H22BrN7O/c24-15-1-6-20-18(13-15)19(22(25)32)14-31(20)21-7-8-27-23(29-21)28-16-2-4-17(5-3-16)30-11-9-26-10-12-30/h1-8,13-14,26H,9-12H2,(H2,25,32)(H,27,28,29). The van der Waals surface area contributed by atoms with Crippen molar-refractivity contribution in [3.63, 3.8) is 0 Å². The summed E-state index contributed by atoms with van der Waals surface area (Å²) in [5.41, 5.74) is 8.99. The van der Waals surface area contributed by atoms with Crippen LogP contribution < -0.4 is 21.3 Å². The van der Waals surface area contributed by atoms with Gasteiger partial charge in [0, 0.05) is 59.8 Å². The van der Waals surface area contributed by atoms with Crippen LogP contribution in [0.1, 0.15) is 10.4 Å². The summed E-state index contributed by atoms with van der Waals surface area (Å²) >= 11 is 3.46. The number of nitrogens with zero attached hydrogens (tertiary/aromatic N) is 4. The van der Waals surface area contributed by atoms with Gasteiger partial charge in [0.25, 0.3) is 5.91 Å². The third-order valence-electron chi connectivity index (χ3n) is 5.53. The van der Waals surface area contributed by atoms with Crippen LogP contribution in [0.4, 0.5) is 17.3 Å². The fourth-order valence-electron chi connectivity index (χ4n) is 3.94. The third-order valence-corrected chi connectivity index (χ3v) is 6.02. The number of halogens is 1. The molecule has 1 fully saturated rings. The normalized spacial score (nSPS) is 14.0. The van der Waals surface area contributed by atoms with E-state index < -0.39 is 5.91 Å². The van der Waals surface area contributed by atoms with Crippen molar-refractivity contribution < 1.29 is 4.79 Å². The van der Waals surface area contributed by atoms with Gasteiger partial charge in [-0.15, -0.1) is 0 Å². The van der Waals surface area contributed by atoms with Crippen LogP contribution in [0.5, 0.6) is 0 Å². The van der Waals surface area contributed by atoms with E-state index in [0.717, 1.165) is 47.2 Å². The van der Waals surface area contributed by atoms with E-state index in [1.807, 2.05) is 34.9 Å². The number of fused-ring (bicyclic) bond motifs is 1. The second kappa shape index (κ2) is 8.60. The lowest BCUT2D eigenvalue weighted by molar-refractivity contribution is 0.100. The third kappa shape index (κ3) is 4.04. The van der Waals surface area contributed by atoms with Crippen molar-refractivity contribution in [2.45, 2.75) is 0 Å². The van der Waals surface area contributed by atoms with Gasteiger partial charge in [-0.2, -0.15) is 4.98 Å². The zero-order chi connectivity index (χ0) is 22.1. The molecule has 0 atom stereocenters. The van der Waals surface area contributed by atoms with E-state index in [-0.39, 0.29) is 0 Å². The van der Waals surface area contributed by atoms with E-state index in [2.05, 4.69) is 53.6 Å². The molecule has 2 aromatic carbocycles. The summed E-state index contributed by atoms with van der Waals surface area (Å²) in [7, 11) is 0. The Hall–Kier alpha value is -3.43. The second-order valence-electron chi connectivity index (χ2n) is 7.59. The molecule has 0 spiro atoms. The zero-order valence-corrected chi connectivity index (χ0v) is 18.8. The monoisotopic (exact) mass is 491 g/mol. The highest BCUT2D eigenvalue weighted by Crippen LogP contribution is 2.28. The van der Waals surface area contributed by atoms with E-state index in [0.29, 0.717) is 17.3 Å². The minimum Gasteiger partial charge on any atom is -0.369 e. The molecule has 0 aliphatic carbocycles. The van der Waals surface area contributed by atoms with E-state index in [4.69, 9.17) is 5.73 Å². The molecule has 1 amide bonds. The Kier molecular flexibility index (Phi) is 5.50. The first kappa shape index (κ1) is 20.5. The van der Waals surface area contributed by atoms with E-state index in [1.54, 1.807) is 18.5 Å². The van der Waals surface area contributed by atoms with Crippen molar-refractivity contribution in [3.05, 3.63) is 71.0 Å². The van der Waals surface area contributed by atoms with Gasteiger partial charge in [-0.3, -0.25) is 4.79 Å². The Bertz CT molecular complexity index is 1280. The number of nitrogens with one attached hydrogen (secondary N) is 2. The number of carbonyl (C=O) groups is 1. The van der Waals surface area contributed by atoms with Crippen LogP contribution in [0.15, 0.2) is 65.4 Å². The first-order chi connectivity index (χ1) is 15.6.